The number of thiazole rings is 1. The first kappa shape index (κ1) is 12.9. The van der Waals surface area contributed by atoms with Crippen molar-refractivity contribution in [3.63, 3.8) is 0 Å². The highest BCUT2D eigenvalue weighted by Gasteiger charge is 2.12. The number of carbonyl (C=O) groups excluding carboxylic acids is 1. The molecule has 2 rings (SSSR count). The summed E-state index contributed by atoms with van der Waals surface area (Å²) in [5.41, 5.74) is 0.399. The van der Waals surface area contributed by atoms with Crippen molar-refractivity contribution < 1.29 is 14.3 Å². The molecule has 0 aliphatic carbocycles. The smallest absolute Gasteiger partial charge is 0.341 e. The lowest BCUT2D eigenvalue weighted by Gasteiger charge is -2.08. The van der Waals surface area contributed by atoms with Crippen LogP contribution in [0.5, 0.6) is 5.75 Å². The van der Waals surface area contributed by atoms with Gasteiger partial charge in [-0.1, -0.05) is 23.7 Å². The largest absolute Gasteiger partial charge is 0.487 e. The minimum absolute atomic E-state index is 0.318. The number of ether oxygens (including phenoxy) is 2. The number of carbonyl (C=O) groups is 1. The van der Waals surface area contributed by atoms with E-state index >= 15 is 0 Å². The van der Waals surface area contributed by atoms with Gasteiger partial charge < -0.3 is 9.47 Å². The van der Waals surface area contributed by atoms with E-state index in [4.69, 9.17) is 16.3 Å². The van der Waals surface area contributed by atoms with E-state index in [9.17, 15) is 4.79 Å². The molecule has 1 aromatic heterocycles. The number of nitrogens with zero attached hydrogens (tertiary/aromatic N) is 1. The predicted molar refractivity (Wildman–Crippen MR) is 69.2 cm³/mol. The number of rotatable bonds is 4. The second kappa shape index (κ2) is 5.84. The first-order valence-electron chi connectivity index (χ1n) is 5.11. The molecule has 0 aliphatic heterocycles. The molecule has 0 spiro atoms. The van der Waals surface area contributed by atoms with Crippen molar-refractivity contribution in [2.45, 2.75) is 6.61 Å². The number of aromatic nitrogens is 1. The van der Waals surface area contributed by atoms with Crippen LogP contribution in [0.1, 0.15) is 15.2 Å². The fourth-order valence-electron chi connectivity index (χ4n) is 1.37. The summed E-state index contributed by atoms with van der Waals surface area (Å²) in [7, 11) is 1.34. The van der Waals surface area contributed by atoms with Gasteiger partial charge in [0.1, 0.15) is 17.9 Å². The average Bonchev–Trinajstić information content (AvgIpc) is 2.81. The molecular weight excluding hydrogens is 274 g/mol. The van der Waals surface area contributed by atoms with E-state index in [1.807, 2.05) is 0 Å². The summed E-state index contributed by atoms with van der Waals surface area (Å²) in [6, 6.07) is 6.92. The number of benzene rings is 1. The highest BCUT2D eigenvalue weighted by molar-refractivity contribution is 7.15. The third-order valence-corrected chi connectivity index (χ3v) is 3.28. The molecule has 1 aromatic carbocycles. The second-order valence-electron chi connectivity index (χ2n) is 3.36. The molecule has 1 heterocycles. The molecule has 2 aromatic rings. The molecule has 0 fully saturated rings. The van der Waals surface area contributed by atoms with Gasteiger partial charge in [0.25, 0.3) is 0 Å². The van der Waals surface area contributed by atoms with Gasteiger partial charge in [0.2, 0.25) is 0 Å². The van der Waals surface area contributed by atoms with Crippen LogP contribution in [0.2, 0.25) is 4.47 Å². The average molecular weight is 284 g/mol. The second-order valence-corrected chi connectivity index (χ2v) is 5.05. The molecule has 0 bridgehead atoms. The zero-order valence-electron chi connectivity index (χ0n) is 9.55. The molecule has 0 saturated heterocycles. The highest BCUT2D eigenvalue weighted by Crippen LogP contribution is 2.23. The Morgan fingerprint density at radius 3 is 2.89 bits per heavy atom. The van der Waals surface area contributed by atoms with Crippen LogP contribution in [0, 0.1) is 0 Å². The Morgan fingerprint density at radius 2 is 2.22 bits per heavy atom. The molecule has 0 N–H and O–H groups in total. The summed E-state index contributed by atoms with van der Waals surface area (Å²) < 4.78 is 10.7. The van der Waals surface area contributed by atoms with Crippen LogP contribution in [0.25, 0.3) is 0 Å². The van der Waals surface area contributed by atoms with Gasteiger partial charge in [0, 0.05) is 6.20 Å². The maximum atomic E-state index is 11.5. The first-order chi connectivity index (χ1) is 8.70. The van der Waals surface area contributed by atoms with Crippen LogP contribution in [0.15, 0.2) is 30.5 Å². The fraction of sp³-hybridized carbons (Fsp3) is 0.167. The van der Waals surface area contributed by atoms with Gasteiger partial charge in [-0.25, -0.2) is 9.78 Å². The van der Waals surface area contributed by atoms with Crippen molar-refractivity contribution in [1.29, 1.82) is 0 Å². The van der Waals surface area contributed by atoms with Crippen LogP contribution in [0.3, 0.4) is 0 Å². The van der Waals surface area contributed by atoms with Gasteiger partial charge in [0.15, 0.2) is 4.47 Å². The van der Waals surface area contributed by atoms with Crippen LogP contribution < -0.4 is 4.74 Å². The first-order valence-corrected chi connectivity index (χ1v) is 6.30. The van der Waals surface area contributed by atoms with Crippen LogP contribution in [-0.2, 0) is 11.3 Å². The lowest BCUT2D eigenvalue weighted by Crippen LogP contribution is -2.05. The quantitative estimate of drug-likeness (QED) is 0.809. The van der Waals surface area contributed by atoms with E-state index in [0.717, 1.165) is 4.88 Å². The summed E-state index contributed by atoms with van der Waals surface area (Å²) >= 11 is 7.06. The van der Waals surface area contributed by atoms with E-state index < -0.39 is 5.97 Å². The predicted octanol–water partition coefficient (Wildman–Crippen LogP) is 3.16. The Bertz CT molecular complexity index is 556. The Kier molecular flexibility index (Phi) is 4.17. The Morgan fingerprint density at radius 1 is 1.44 bits per heavy atom. The van der Waals surface area contributed by atoms with Gasteiger partial charge in [-0.3, -0.25) is 0 Å². The Balaban J connectivity index is 2.11. The summed E-state index contributed by atoms with van der Waals surface area (Å²) in [5.74, 6) is 0.0572. The highest BCUT2D eigenvalue weighted by atomic mass is 35.5. The minimum atomic E-state index is -0.423. The molecule has 6 heteroatoms. The van der Waals surface area contributed by atoms with E-state index in [0.29, 0.717) is 22.4 Å². The molecule has 0 amide bonds. The molecule has 0 radical (unpaired) electrons. The molecular formula is C12H10ClNO3S. The zero-order valence-corrected chi connectivity index (χ0v) is 11.1. The van der Waals surface area contributed by atoms with Crippen molar-refractivity contribution in [3.05, 3.63) is 45.4 Å². The van der Waals surface area contributed by atoms with Gasteiger partial charge >= 0.3 is 5.97 Å². The summed E-state index contributed by atoms with van der Waals surface area (Å²) in [4.78, 5) is 16.3. The van der Waals surface area contributed by atoms with E-state index in [-0.39, 0.29) is 0 Å². The van der Waals surface area contributed by atoms with Gasteiger partial charge in [0.05, 0.1) is 12.0 Å². The monoisotopic (exact) mass is 283 g/mol. The van der Waals surface area contributed by atoms with Crippen molar-refractivity contribution >= 4 is 28.9 Å². The van der Waals surface area contributed by atoms with Crippen LogP contribution in [-0.4, -0.2) is 18.1 Å². The van der Waals surface area contributed by atoms with Crippen molar-refractivity contribution in [2.24, 2.45) is 0 Å². The summed E-state index contributed by atoms with van der Waals surface area (Å²) in [6.07, 6.45) is 1.65. The molecule has 94 valence electrons. The third kappa shape index (κ3) is 3.00. The van der Waals surface area contributed by atoms with Gasteiger partial charge in [-0.2, -0.15) is 0 Å². The Hall–Kier alpha value is -1.59. The number of para-hydroxylation sites is 1. The van der Waals surface area contributed by atoms with E-state index in [1.165, 1.54) is 18.4 Å². The normalized spacial score (nSPS) is 10.1. The van der Waals surface area contributed by atoms with E-state index in [2.05, 4.69) is 9.72 Å². The number of hydrogen-bond acceptors (Lipinski definition) is 5. The number of halogens is 1. The molecule has 0 aliphatic rings. The van der Waals surface area contributed by atoms with Crippen molar-refractivity contribution in [1.82, 2.24) is 4.98 Å². The lowest BCUT2D eigenvalue weighted by molar-refractivity contribution is 0.0595. The number of methoxy groups -OCH3 is 1. The van der Waals surface area contributed by atoms with Gasteiger partial charge in [-0.05, 0) is 12.1 Å². The molecule has 0 saturated carbocycles. The van der Waals surface area contributed by atoms with Gasteiger partial charge in [-0.15, -0.1) is 11.3 Å². The SMILES string of the molecule is COC(=O)c1ccccc1OCc1cnc(Cl)s1. The van der Waals surface area contributed by atoms with E-state index in [1.54, 1.807) is 30.5 Å². The molecule has 4 nitrogen and oxygen atoms in total. The zero-order chi connectivity index (χ0) is 13.0. The summed E-state index contributed by atoms with van der Waals surface area (Å²) in [5, 5.41) is 0. The summed E-state index contributed by atoms with van der Waals surface area (Å²) in [6.45, 7) is 0.318. The topological polar surface area (TPSA) is 48.4 Å². The molecule has 18 heavy (non-hydrogen) atoms. The minimum Gasteiger partial charge on any atom is -0.487 e. The fourth-order valence-corrected chi connectivity index (χ4v) is 2.26. The maximum Gasteiger partial charge on any atom is 0.341 e. The lowest BCUT2D eigenvalue weighted by atomic mass is 10.2. The van der Waals surface area contributed by atoms with Crippen molar-refractivity contribution in [3.8, 4) is 5.75 Å². The van der Waals surface area contributed by atoms with Crippen LogP contribution >= 0.6 is 22.9 Å². The molecule has 0 atom stereocenters. The third-order valence-electron chi connectivity index (χ3n) is 2.19. The Labute approximate surface area is 113 Å². The standard InChI is InChI=1S/C12H10ClNO3S/c1-16-11(15)9-4-2-3-5-10(9)17-7-8-6-14-12(13)18-8/h2-6H,7H2,1H3. The van der Waals surface area contributed by atoms with Crippen LogP contribution in [0.4, 0.5) is 0 Å². The molecule has 0 unspecified atom stereocenters. The number of esters is 1. The van der Waals surface area contributed by atoms with Crippen molar-refractivity contribution in [2.75, 3.05) is 7.11 Å². The number of hydrogen-bond donors (Lipinski definition) is 0. The maximum absolute atomic E-state index is 11.5.